The van der Waals surface area contributed by atoms with Gasteiger partial charge in [0.15, 0.2) is 15.3 Å². The van der Waals surface area contributed by atoms with E-state index in [0.29, 0.717) is 10.9 Å². The molecule has 3 nitrogen and oxygen atoms in total. The summed E-state index contributed by atoms with van der Waals surface area (Å²) < 4.78 is 24.6. The van der Waals surface area contributed by atoms with Gasteiger partial charge in [0.2, 0.25) is 0 Å². The zero-order chi connectivity index (χ0) is 21.5. The smallest absolute Gasteiger partial charge is 0.196 e. The van der Waals surface area contributed by atoms with Gasteiger partial charge in [0.25, 0.3) is 0 Å². The fraction of sp³-hybridized carbons (Fsp3) is 0.125. The minimum atomic E-state index is -3.28. The Bertz CT molecular complexity index is 1420. The molecule has 1 heterocycles. The van der Waals surface area contributed by atoms with Crippen molar-refractivity contribution in [2.75, 3.05) is 12.5 Å². The molecule has 4 aromatic rings. The molecular formula is C24H20O3S3. The summed E-state index contributed by atoms with van der Waals surface area (Å²) in [6.07, 6.45) is 3.23. The van der Waals surface area contributed by atoms with Gasteiger partial charge in [-0.15, -0.1) is 23.1 Å². The monoisotopic (exact) mass is 452 g/mol. The van der Waals surface area contributed by atoms with Gasteiger partial charge in [0.05, 0.1) is 4.90 Å². The summed E-state index contributed by atoms with van der Waals surface area (Å²) in [7, 11) is -3.28. The van der Waals surface area contributed by atoms with Crippen LogP contribution in [0.15, 0.2) is 81.3 Å². The quantitative estimate of drug-likeness (QED) is 0.355. The summed E-state index contributed by atoms with van der Waals surface area (Å²) >= 11 is 3.23. The third kappa shape index (κ3) is 3.83. The predicted molar refractivity (Wildman–Crippen MR) is 129 cm³/mol. The van der Waals surface area contributed by atoms with Crippen LogP contribution >= 0.6 is 23.1 Å². The van der Waals surface area contributed by atoms with Crippen molar-refractivity contribution in [1.29, 1.82) is 0 Å². The van der Waals surface area contributed by atoms with E-state index in [-0.39, 0.29) is 10.3 Å². The van der Waals surface area contributed by atoms with Crippen LogP contribution in [0.4, 0.5) is 0 Å². The summed E-state index contributed by atoms with van der Waals surface area (Å²) in [5.41, 5.74) is 3.47. The highest BCUT2D eigenvalue weighted by Gasteiger charge is 2.17. The molecule has 0 bridgehead atoms. The van der Waals surface area contributed by atoms with E-state index < -0.39 is 9.84 Å². The second-order valence-corrected chi connectivity index (χ2v) is 11.0. The summed E-state index contributed by atoms with van der Waals surface area (Å²) in [6, 6.07) is 20.5. The van der Waals surface area contributed by atoms with E-state index in [2.05, 4.69) is 6.07 Å². The molecule has 0 fully saturated rings. The van der Waals surface area contributed by atoms with E-state index in [0.717, 1.165) is 26.3 Å². The lowest BCUT2D eigenvalue weighted by molar-refractivity contribution is 0.602. The Morgan fingerprint density at radius 2 is 1.57 bits per heavy atom. The highest BCUT2D eigenvalue weighted by molar-refractivity contribution is 7.98. The number of hydrogen-bond donors (Lipinski definition) is 0. The molecule has 0 unspecified atom stereocenters. The fourth-order valence-corrected chi connectivity index (χ4v) is 5.91. The first-order chi connectivity index (χ1) is 14.3. The van der Waals surface area contributed by atoms with Gasteiger partial charge in [0.1, 0.15) is 0 Å². The Morgan fingerprint density at radius 3 is 2.20 bits per heavy atom. The lowest BCUT2D eigenvalue weighted by atomic mass is 9.99. The minimum Gasteiger partial charge on any atom is -0.288 e. The van der Waals surface area contributed by atoms with E-state index in [1.807, 2.05) is 49.6 Å². The predicted octanol–water partition coefficient (Wildman–Crippen LogP) is 6.03. The van der Waals surface area contributed by atoms with E-state index in [9.17, 15) is 13.2 Å². The molecule has 0 aliphatic carbocycles. The summed E-state index contributed by atoms with van der Waals surface area (Å²) in [5.74, 6) is 0. The molecule has 0 spiro atoms. The number of thioether (sulfide) groups is 1. The van der Waals surface area contributed by atoms with Crippen molar-refractivity contribution in [3.8, 4) is 21.6 Å². The standard InChI is InChI=1S/C24H20O3S3/c1-15-14-17(10-13-20(15)28-2)22-23(25)19-6-4-5-7-21(19)29-24(22)16-8-11-18(12-9-16)30(3,26)27/h4-14H,1-3H3. The van der Waals surface area contributed by atoms with E-state index in [1.165, 1.54) is 11.2 Å². The van der Waals surface area contributed by atoms with Gasteiger partial charge >= 0.3 is 0 Å². The first kappa shape index (κ1) is 20.8. The Hall–Kier alpha value is -2.41. The number of rotatable bonds is 4. The normalized spacial score (nSPS) is 11.7. The third-order valence-electron chi connectivity index (χ3n) is 5.03. The molecule has 152 valence electrons. The van der Waals surface area contributed by atoms with Gasteiger partial charge in [0, 0.05) is 31.7 Å². The zero-order valence-electron chi connectivity index (χ0n) is 16.8. The molecule has 0 aliphatic heterocycles. The molecule has 0 atom stereocenters. The third-order valence-corrected chi connectivity index (χ3v) is 8.27. The fourth-order valence-electron chi connectivity index (χ4n) is 3.49. The molecule has 0 radical (unpaired) electrons. The number of sulfone groups is 1. The van der Waals surface area contributed by atoms with Gasteiger partial charge in [-0.1, -0.05) is 36.4 Å². The molecule has 0 N–H and O–H groups in total. The molecule has 4 rings (SSSR count). The van der Waals surface area contributed by atoms with E-state index >= 15 is 0 Å². The molecule has 0 aliphatic rings. The Kier molecular flexibility index (Phi) is 5.57. The molecule has 1 aromatic heterocycles. The second-order valence-electron chi connectivity index (χ2n) is 7.11. The average Bonchev–Trinajstić information content (AvgIpc) is 2.73. The van der Waals surface area contributed by atoms with E-state index in [4.69, 9.17) is 0 Å². The number of benzene rings is 3. The highest BCUT2D eigenvalue weighted by Crippen LogP contribution is 2.38. The van der Waals surface area contributed by atoms with Crippen molar-refractivity contribution < 1.29 is 8.42 Å². The van der Waals surface area contributed by atoms with E-state index in [1.54, 1.807) is 47.4 Å². The molecule has 3 aromatic carbocycles. The number of aryl methyl sites for hydroxylation is 1. The molecular weight excluding hydrogens is 432 g/mol. The molecule has 0 amide bonds. The van der Waals surface area contributed by atoms with Crippen LogP contribution < -0.4 is 5.43 Å². The van der Waals surface area contributed by atoms with Gasteiger partial charge in [-0.25, -0.2) is 8.42 Å². The maximum atomic E-state index is 13.5. The van der Waals surface area contributed by atoms with Crippen LogP contribution in [-0.4, -0.2) is 20.9 Å². The Labute approximate surface area is 184 Å². The SMILES string of the molecule is CSc1ccc(-c2c(-c3ccc(S(C)(=O)=O)cc3)sc3ccccc3c2=O)cc1C. The minimum absolute atomic E-state index is 0.0113. The van der Waals surface area contributed by atoms with Crippen molar-refractivity contribution in [1.82, 2.24) is 0 Å². The first-order valence-electron chi connectivity index (χ1n) is 9.31. The van der Waals surface area contributed by atoms with Crippen molar-refractivity contribution >= 4 is 43.0 Å². The van der Waals surface area contributed by atoms with Crippen LogP contribution in [-0.2, 0) is 9.84 Å². The van der Waals surface area contributed by atoms with Gasteiger partial charge in [-0.05, 0) is 60.2 Å². The topological polar surface area (TPSA) is 51.2 Å². The van der Waals surface area contributed by atoms with Crippen LogP contribution in [0.25, 0.3) is 31.7 Å². The van der Waals surface area contributed by atoms with Crippen LogP contribution in [0.2, 0.25) is 0 Å². The van der Waals surface area contributed by atoms with Crippen LogP contribution in [0.3, 0.4) is 0 Å². The Morgan fingerprint density at radius 1 is 0.900 bits per heavy atom. The molecule has 0 saturated heterocycles. The highest BCUT2D eigenvalue weighted by atomic mass is 32.2. The van der Waals surface area contributed by atoms with Crippen LogP contribution in [0.1, 0.15) is 5.56 Å². The number of hydrogen-bond acceptors (Lipinski definition) is 5. The maximum Gasteiger partial charge on any atom is 0.196 e. The zero-order valence-corrected chi connectivity index (χ0v) is 19.2. The van der Waals surface area contributed by atoms with Crippen molar-refractivity contribution in [3.63, 3.8) is 0 Å². The summed E-state index contributed by atoms with van der Waals surface area (Å²) in [4.78, 5) is 15.8. The Balaban J connectivity index is 2.02. The van der Waals surface area contributed by atoms with Gasteiger partial charge < -0.3 is 0 Å². The lowest BCUT2D eigenvalue weighted by Crippen LogP contribution is -2.06. The summed E-state index contributed by atoms with van der Waals surface area (Å²) in [6.45, 7) is 2.05. The first-order valence-corrected chi connectivity index (χ1v) is 13.2. The van der Waals surface area contributed by atoms with Crippen LogP contribution in [0, 0.1) is 6.92 Å². The number of fused-ring (bicyclic) bond motifs is 1. The van der Waals surface area contributed by atoms with Crippen molar-refractivity contribution in [2.45, 2.75) is 16.7 Å². The molecule has 0 saturated carbocycles. The molecule has 6 heteroatoms. The van der Waals surface area contributed by atoms with Crippen molar-refractivity contribution in [3.05, 3.63) is 82.5 Å². The van der Waals surface area contributed by atoms with Gasteiger partial charge in [-0.3, -0.25) is 4.79 Å². The van der Waals surface area contributed by atoms with Crippen molar-refractivity contribution in [2.24, 2.45) is 0 Å². The lowest BCUT2D eigenvalue weighted by Gasteiger charge is -2.13. The van der Waals surface area contributed by atoms with Gasteiger partial charge in [-0.2, -0.15) is 0 Å². The second kappa shape index (κ2) is 8.02. The largest absolute Gasteiger partial charge is 0.288 e. The van der Waals surface area contributed by atoms with Crippen LogP contribution in [0.5, 0.6) is 0 Å². The average molecular weight is 453 g/mol. The maximum absolute atomic E-state index is 13.5. The molecule has 30 heavy (non-hydrogen) atoms. The summed E-state index contributed by atoms with van der Waals surface area (Å²) in [5, 5.41) is 0.695.